The van der Waals surface area contributed by atoms with Gasteiger partial charge in [-0.3, -0.25) is 9.59 Å². The van der Waals surface area contributed by atoms with E-state index in [0.717, 1.165) is 24.3 Å². The molecule has 2 N–H and O–H groups in total. The number of nitrogens with zero attached hydrogens (tertiary/aromatic N) is 1. The Morgan fingerprint density at radius 2 is 1.56 bits per heavy atom. The van der Waals surface area contributed by atoms with Gasteiger partial charge in [0.25, 0.3) is 5.91 Å². The van der Waals surface area contributed by atoms with Crippen molar-refractivity contribution in [2.45, 2.75) is 64.5 Å². The van der Waals surface area contributed by atoms with E-state index < -0.39 is 24.4 Å². The molecule has 0 fully saturated rings. The standard InChI is InChI=1S/C39H46N2O7/c1-3-4-5-6-7-26-47-35-22-14-32(15-23-35)39(45)48-36-20-10-30(11-21-36)27-41(28-37(42)43)38(44)31-12-16-33(17-13-31)40-25-24-29-8-18-34(46-2)19-9-29/h8-22,35,40H,3-7,23-28H2,1-2H3,(H,42,43). The van der Waals surface area contributed by atoms with Crippen LogP contribution in [0.2, 0.25) is 0 Å². The topological polar surface area (TPSA) is 114 Å². The van der Waals surface area contributed by atoms with Gasteiger partial charge >= 0.3 is 11.9 Å². The fraction of sp³-hybridized carbons (Fsp3) is 0.359. The molecule has 0 aliphatic heterocycles. The molecule has 3 aromatic carbocycles. The van der Waals surface area contributed by atoms with Gasteiger partial charge < -0.3 is 29.5 Å². The number of carboxylic acids is 1. The Balaban J connectivity index is 1.25. The summed E-state index contributed by atoms with van der Waals surface area (Å²) in [6.07, 6.45) is 12.8. The highest BCUT2D eigenvalue weighted by molar-refractivity contribution is 5.96. The lowest BCUT2D eigenvalue weighted by molar-refractivity contribution is -0.138. The number of benzene rings is 3. The second-order valence-corrected chi connectivity index (χ2v) is 11.8. The largest absolute Gasteiger partial charge is 0.497 e. The van der Waals surface area contributed by atoms with Gasteiger partial charge in [0.15, 0.2) is 0 Å². The summed E-state index contributed by atoms with van der Waals surface area (Å²) in [4.78, 5) is 38.9. The Hall–Kier alpha value is -4.89. The highest BCUT2D eigenvalue weighted by Gasteiger charge is 2.20. The maximum Gasteiger partial charge on any atom is 0.343 e. The third-order valence-corrected chi connectivity index (χ3v) is 8.03. The maximum absolute atomic E-state index is 13.3. The number of ether oxygens (including phenoxy) is 3. The third kappa shape index (κ3) is 11.7. The summed E-state index contributed by atoms with van der Waals surface area (Å²) >= 11 is 0. The number of carbonyl (C=O) groups excluding carboxylic acids is 2. The molecule has 1 aliphatic rings. The molecule has 1 unspecified atom stereocenters. The van der Waals surface area contributed by atoms with E-state index in [-0.39, 0.29) is 12.6 Å². The number of hydrogen-bond donors (Lipinski definition) is 2. The van der Waals surface area contributed by atoms with Crippen molar-refractivity contribution in [1.29, 1.82) is 0 Å². The number of esters is 1. The number of carbonyl (C=O) groups is 3. The van der Waals surface area contributed by atoms with Gasteiger partial charge in [-0.25, -0.2) is 4.79 Å². The van der Waals surface area contributed by atoms with Crippen LogP contribution in [-0.2, 0) is 27.3 Å². The molecule has 1 amide bonds. The predicted molar refractivity (Wildman–Crippen MR) is 186 cm³/mol. The number of unbranched alkanes of at least 4 members (excludes halogenated alkanes) is 4. The maximum atomic E-state index is 13.3. The summed E-state index contributed by atoms with van der Waals surface area (Å²) in [6.45, 7) is 3.24. The zero-order chi connectivity index (χ0) is 34.1. The second kappa shape index (κ2) is 19.1. The fourth-order valence-corrected chi connectivity index (χ4v) is 5.28. The third-order valence-electron chi connectivity index (χ3n) is 8.03. The van der Waals surface area contributed by atoms with E-state index in [4.69, 9.17) is 14.2 Å². The van der Waals surface area contributed by atoms with Crippen molar-refractivity contribution >= 4 is 23.5 Å². The Labute approximate surface area is 283 Å². The lowest BCUT2D eigenvalue weighted by atomic mass is 10.1. The average molecular weight is 655 g/mol. The van der Waals surface area contributed by atoms with Crippen LogP contribution < -0.4 is 14.8 Å². The molecule has 0 aromatic heterocycles. The van der Waals surface area contributed by atoms with Crippen molar-refractivity contribution in [3.05, 3.63) is 113 Å². The molecule has 0 radical (unpaired) electrons. The summed E-state index contributed by atoms with van der Waals surface area (Å²) in [7, 11) is 1.64. The van der Waals surface area contributed by atoms with Crippen molar-refractivity contribution in [2.24, 2.45) is 0 Å². The van der Waals surface area contributed by atoms with Crippen LogP contribution in [-0.4, -0.2) is 60.8 Å². The van der Waals surface area contributed by atoms with Crippen molar-refractivity contribution in [2.75, 3.05) is 32.1 Å². The predicted octanol–water partition coefficient (Wildman–Crippen LogP) is 7.22. The number of methoxy groups -OCH3 is 1. The molecule has 9 nitrogen and oxygen atoms in total. The van der Waals surface area contributed by atoms with Crippen LogP contribution in [0.5, 0.6) is 11.5 Å². The minimum Gasteiger partial charge on any atom is -0.497 e. The quantitative estimate of drug-likeness (QED) is 0.0791. The van der Waals surface area contributed by atoms with Crippen LogP contribution in [0.3, 0.4) is 0 Å². The molecule has 9 heteroatoms. The number of nitrogens with one attached hydrogen (secondary N) is 1. The average Bonchev–Trinajstić information content (AvgIpc) is 3.10. The number of amides is 1. The lowest BCUT2D eigenvalue weighted by Gasteiger charge is -2.21. The summed E-state index contributed by atoms with van der Waals surface area (Å²) in [5.74, 6) is -0.796. The summed E-state index contributed by atoms with van der Waals surface area (Å²) in [6, 6.07) is 21.6. The molecule has 254 valence electrons. The van der Waals surface area contributed by atoms with Gasteiger partial charge in [0.2, 0.25) is 0 Å². The normalized spacial score (nSPS) is 13.8. The van der Waals surface area contributed by atoms with Crippen molar-refractivity contribution < 1.29 is 33.7 Å². The second-order valence-electron chi connectivity index (χ2n) is 11.8. The number of rotatable bonds is 19. The van der Waals surface area contributed by atoms with Gasteiger partial charge in [-0.1, -0.05) is 69.0 Å². The first-order valence-corrected chi connectivity index (χ1v) is 16.6. The summed E-state index contributed by atoms with van der Waals surface area (Å²) in [5.41, 5.74) is 3.59. The van der Waals surface area contributed by atoms with Gasteiger partial charge in [-0.15, -0.1) is 0 Å². The smallest absolute Gasteiger partial charge is 0.343 e. The van der Waals surface area contributed by atoms with E-state index in [1.807, 2.05) is 48.6 Å². The highest BCUT2D eigenvalue weighted by atomic mass is 16.5. The molecular formula is C39H46N2O7. The van der Waals surface area contributed by atoms with Gasteiger partial charge in [0.1, 0.15) is 18.0 Å². The first kappa shape index (κ1) is 36.0. The van der Waals surface area contributed by atoms with Gasteiger partial charge in [-0.2, -0.15) is 0 Å². The first-order valence-electron chi connectivity index (χ1n) is 16.6. The van der Waals surface area contributed by atoms with E-state index >= 15 is 0 Å². The Kier molecular flexibility index (Phi) is 14.3. The molecule has 4 rings (SSSR count). The van der Waals surface area contributed by atoms with E-state index in [1.54, 1.807) is 49.6 Å². The monoisotopic (exact) mass is 654 g/mol. The molecule has 0 bridgehead atoms. The van der Waals surface area contributed by atoms with Crippen LogP contribution in [0.15, 0.2) is 96.6 Å². The molecule has 0 saturated carbocycles. The van der Waals surface area contributed by atoms with Crippen LogP contribution in [0.1, 0.15) is 66.9 Å². The molecule has 3 aromatic rings. The van der Waals surface area contributed by atoms with Crippen LogP contribution in [0, 0.1) is 0 Å². The van der Waals surface area contributed by atoms with E-state index in [2.05, 4.69) is 12.2 Å². The molecular weight excluding hydrogens is 608 g/mol. The number of anilines is 1. The lowest BCUT2D eigenvalue weighted by Crippen LogP contribution is -2.35. The Morgan fingerprint density at radius 3 is 2.21 bits per heavy atom. The molecule has 48 heavy (non-hydrogen) atoms. The van der Waals surface area contributed by atoms with Gasteiger partial charge in [0, 0.05) is 30.9 Å². The van der Waals surface area contributed by atoms with Crippen molar-refractivity contribution in [3.63, 3.8) is 0 Å². The van der Waals surface area contributed by atoms with Crippen LogP contribution in [0.25, 0.3) is 0 Å². The Bertz CT molecular complexity index is 1530. The molecule has 1 aliphatic carbocycles. The Morgan fingerprint density at radius 1 is 0.875 bits per heavy atom. The first-order chi connectivity index (χ1) is 23.3. The number of aliphatic carboxylic acids is 1. The molecule has 0 saturated heterocycles. The minimum atomic E-state index is -1.11. The number of carboxylic acid groups (broad SMARTS) is 1. The summed E-state index contributed by atoms with van der Waals surface area (Å²) < 4.78 is 16.7. The molecule has 1 atom stereocenters. The summed E-state index contributed by atoms with van der Waals surface area (Å²) in [5, 5.41) is 12.8. The van der Waals surface area contributed by atoms with Crippen molar-refractivity contribution in [3.8, 4) is 11.5 Å². The van der Waals surface area contributed by atoms with E-state index in [0.29, 0.717) is 42.0 Å². The minimum absolute atomic E-state index is 0.0335. The zero-order valence-corrected chi connectivity index (χ0v) is 27.9. The fourth-order valence-electron chi connectivity index (χ4n) is 5.28. The van der Waals surface area contributed by atoms with Crippen LogP contribution in [0.4, 0.5) is 5.69 Å². The SMILES string of the molecule is CCCCCCCOC1C=CC(C(=O)Oc2ccc(CN(CC(=O)O)C(=O)c3ccc(NCCc4ccc(OC)cc4)cc3)cc2)=CC1. The number of hydrogen-bond acceptors (Lipinski definition) is 7. The molecule has 0 spiro atoms. The van der Waals surface area contributed by atoms with Crippen LogP contribution >= 0.6 is 0 Å². The van der Waals surface area contributed by atoms with E-state index in [9.17, 15) is 19.5 Å². The van der Waals surface area contributed by atoms with Crippen molar-refractivity contribution in [1.82, 2.24) is 4.90 Å². The zero-order valence-electron chi connectivity index (χ0n) is 27.9. The van der Waals surface area contributed by atoms with Gasteiger partial charge in [-0.05, 0) is 85.0 Å². The molecule has 0 heterocycles. The van der Waals surface area contributed by atoms with E-state index in [1.165, 1.54) is 36.1 Å². The van der Waals surface area contributed by atoms with Gasteiger partial charge in [0.05, 0.1) is 18.8 Å². The highest BCUT2D eigenvalue weighted by Crippen LogP contribution is 2.20.